The third-order valence-electron chi connectivity index (χ3n) is 7.39. The van der Waals surface area contributed by atoms with Crippen molar-refractivity contribution in [2.24, 2.45) is 0 Å². The van der Waals surface area contributed by atoms with Crippen molar-refractivity contribution in [1.82, 2.24) is 0 Å². The molecule has 4 nitrogen and oxygen atoms in total. The quantitative estimate of drug-likeness (QED) is 0.300. The number of hydrogen-bond acceptors (Lipinski definition) is 4. The second-order valence-corrected chi connectivity index (χ2v) is 17.9. The fourth-order valence-corrected chi connectivity index (χ4v) is 10.4. The predicted molar refractivity (Wildman–Crippen MR) is 125 cm³/mol. The topological polar surface area (TPSA) is 36.9 Å². The molecule has 0 aliphatic carbocycles. The Kier molecular flexibility index (Phi) is 9.05. The minimum Gasteiger partial charge on any atom is -0.460 e. The molecule has 0 amide bonds. The first-order chi connectivity index (χ1) is 13.9. The Bertz CT molecular complexity index is 568. The predicted octanol–water partition coefficient (Wildman–Crippen LogP) is 6.21. The lowest BCUT2D eigenvalue weighted by Gasteiger charge is -2.43. The van der Waals surface area contributed by atoms with E-state index in [-0.39, 0.29) is 12.2 Å². The van der Waals surface area contributed by atoms with Crippen LogP contribution in [0.1, 0.15) is 60.8 Å². The summed E-state index contributed by atoms with van der Waals surface area (Å²) in [7, 11) is -3.79. The Morgan fingerprint density at radius 1 is 0.966 bits per heavy atom. The first kappa shape index (κ1) is 24.7. The van der Waals surface area contributed by atoms with E-state index in [1.54, 1.807) is 6.08 Å². The molecule has 2 saturated heterocycles. The van der Waals surface area contributed by atoms with Gasteiger partial charge in [0.2, 0.25) is 5.79 Å². The molecule has 166 valence electrons. The van der Waals surface area contributed by atoms with Crippen LogP contribution in [0.2, 0.25) is 36.3 Å². The van der Waals surface area contributed by atoms with Crippen LogP contribution in [0.15, 0.2) is 11.8 Å². The zero-order valence-electron chi connectivity index (χ0n) is 19.5. The molecule has 0 radical (unpaired) electrons. The highest BCUT2D eigenvalue weighted by molar-refractivity contribution is 6.74. The molecule has 0 aromatic heterocycles. The number of terminal acetylenes is 1. The van der Waals surface area contributed by atoms with E-state index in [0.29, 0.717) is 6.61 Å². The van der Waals surface area contributed by atoms with E-state index in [0.717, 1.165) is 61.3 Å². The molecule has 0 saturated carbocycles. The highest BCUT2D eigenvalue weighted by Crippen LogP contribution is 2.47. The van der Waals surface area contributed by atoms with E-state index in [1.807, 2.05) is 0 Å². The number of rotatable bonds is 10. The van der Waals surface area contributed by atoms with Gasteiger partial charge in [-0.2, -0.15) is 0 Å². The van der Waals surface area contributed by atoms with Crippen LogP contribution in [0.4, 0.5) is 0 Å². The molecule has 2 rings (SSSR count). The second kappa shape index (κ2) is 10.6. The summed E-state index contributed by atoms with van der Waals surface area (Å²) >= 11 is 0. The van der Waals surface area contributed by atoms with Gasteiger partial charge >= 0.3 is 0 Å². The van der Waals surface area contributed by atoms with Gasteiger partial charge in [-0.05, 0) is 49.1 Å². The maximum atomic E-state index is 7.09. The molecule has 2 heterocycles. The molecule has 0 unspecified atom stereocenters. The minimum absolute atomic E-state index is 0.231. The minimum atomic E-state index is -1.90. The molecule has 1 spiro atoms. The third kappa shape index (κ3) is 5.02. The Morgan fingerprint density at radius 3 is 1.97 bits per heavy atom. The van der Waals surface area contributed by atoms with Crippen LogP contribution >= 0.6 is 0 Å². The van der Waals surface area contributed by atoms with Crippen LogP contribution in [-0.2, 0) is 18.3 Å². The first-order valence-corrected chi connectivity index (χ1v) is 16.8. The van der Waals surface area contributed by atoms with Crippen molar-refractivity contribution in [3.05, 3.63) is 11.8 Å². The second-order valence-electron chi connectivity index (χ2n) is 8.50. The standard InChI is InChI=1S/C23H42O4Si2/c1-8-17-20-21(26-28(9-2,10-3)11-4)22(27-29(12-5,13-6)14-7)23(25-20)18-15-16-19-24-23/h1,17,21-22H,9-16,18-19H2,2-7H3/b20-17-/t21-,22+,23-/m0/s1. The number of allylic oxidation sites excluding steroid dienone is 1. The first-order valence-electron chi connectivity index (χ1n) is 11.8. The number of ether oxygens (including phenoxy) is 2. The lowest BCUT2D eigenvalue weighted by Crippen LogP contribution is -2.56. The van der Waals surface area contributed by atoms with Gasteiger partial charge in [0.15, 0.2) is 16.6 Å². The Hall–Kier alpha value is -0.586. The van der Waals surface area contributed by atoms with E-state index in [9.17, 15) is 0 Å². The smallest absolute Gasteiger partial charge is 0.238 e. The van der Waals surface area contributed by atoms with E-state index < -0.39 is 22.4 Å². The fraction of sp³-hybridized carbons (Fsp3) is 0.826. The van der Waals surface area contributed by atoms with Crippen molar-refractivity contribution < 1.29 is 18.3 Å². The molecule has 3 atom stereocenters. The van der Waals surface area contributed by atoms with Crippen molar-refractivity contribution in [3.8, 4) is 12.3 Å². The van der Waals surface area contributed by atoms with Crippen LogP contribution < -0.4 is 0 Å². The monoisotopic (exact) mass is 438 g/mol. The van der Waals surface area contributed by atoms with Crippen LogP contribution in [0.3, 0.4) is 0 Å². The molecule has 0 aromatic carbocycles. The maximum absolute atomic E-state index is 7.09. The molecule has 0 N–H and O–H groups in total. The molecule has 0 bridgehead atoms. The van der Waals surface area contributed by atoms with Gasteiger partial charge < -0.3 is 18.3 Å². The summed E-state index contributed by atoms with van der Waals surface area (Å²) in [6, 6.07) is 6.51. The van der Waals surface area contributed by atoms with Crippen molar-refractivity contribution in [2.45, 2.75) is 115 Å². The molecular formula is C23H42O4Si2. The van der Waals surface area contributed by atoms with Crippen LogP contribution in [0.5, 0.6) is 0 Å². The van der Waals surface area contributed by atoms with Gasteiger partial charge in [0.25, 0.3) is 0 Å². The maximum Gasteiger partial charge on any atom is 0.238 e. The van der Waals surface area contributed by atoms with E-state index in [1.165, 1.54) is 0 Å². The number of hydrogen-bond donors (Lipinski definition) is 0. The normalized spacial score (nSPS) is 29.2. The van der Waals surface area contributed by atoms with Gasteiger partial charge in [-0.1, -0.05) is 47.5 Å². The fourth-order valence-electron chi connectivity index (χ4n) is 4.79. The van der Waals surface area contributed by atoms with Gasteiger partial charge in [-0.15, -0.1) is 6.42 Å². The van der Waals surface area contributed by atoms with E-state index in [4.69, 9.17) is 24.7 Å². The molecule has 2 aliphatic heterocycles. The van der Waals surface area contributed by atoms with Crippen molar-refractivity contribution in [1.29, 1.82) is 0 Å². The Morgan fingerprint density at radius 2 is 1.52 bits per heavy atom. The SMILES string of the molecule is C#C/C=C1\O[C@@]2(CCCCO2)[C@H](O[Si](CC)(CC)CC)[C@H]1O[Si](CC)(CC)CC. The van der Waals surface area contributed by atoms with Gasteiger partial charge in [0.05, 0.1) is 6.61 Å². The molecule has 2 fully saturated rings. The molecule has 2 aliphatic rings. The van der Waals surface area contributed by atoms with Crippen molar-refractivity contribution in [2.75, 3.05) is 6.61 Å². The molecule has 6 heteroatoms. The van der Waals surface area contributed by atoms with Gasteiger partial charge in [-0.25, -0.2) is 0 Å². The van der Waals surface area contributed by atoms with E-state index >= 15 is 0 Å². The molecule has 29 heavy (non-hydrogen) atoms. The van der Waals surface area contributed by atoms with Crippen LogP contribution in [-0.4, -0.2) is 41.2 Å². The van der Waals surface area contributed by atoms with E-state index in [2.05, 4.69) is 47.5 Å². The van der Waals surface area contributed by atoms with Gasteiger partial charge in [-0.3, -0.25) is 0 Å². The summed E-state index contributed by atoms with van der Waals surface area (Å²) in [5.74, 6) is 2.66. The lowest BCUT2D eigenvalue weighted by atomic mass is 9.98. The van der Waals surface area contributed by atoms with Crippen LogP contribution in [0.25, 0.3) is 0 Å². The summed E-state index contributed by atoms with van der Waals surface area (Å²) in [5.41, 5.74) is 0. The molecule has 0 aromatic rings. The average molecular weight is 439 g/mol. The Balaban J connectivity index is 2.51. The van der Waals surface area contributed by atoms with Crippen LogP contribution in [0, 0.1) is 12.3 Å². The van der Waals surface area contributed by atoms with Crippen molar-refractivity contribution >= 4 is 16.6 Å². The van der Waals surface area contributed by atoms with Gasteiger partial charge in [0, 0.05) is 12.5 Å². The van der Waals surface area contributed by atoms with Crippen molar-refractivity contribution in [3.63, 3.8) is 0 Å². The molecular weight excluding hydrogens is 396 g/mol. The van der Waals surface area contributed by atoms with Gasteiger partial charge in [0.1, 0.15) is 18.0 Å². The summed E-state index contributed by atoms with van der Waals surface area (Å²) < 4.78 is 26.9. The zero-order valence-corrected chi connectivity index (χ0v) is 21.5. The summed E-state index contributed by atoms with van der Waals surface area (Å²) in [6.45, 7) is 14.3. The highest BCUT2D eigenvalue weighted by Gasteiger charge is 2.59. The lowest BCUT2D eigenvalue weighted by molar-refractivity contribution is -0.253. The summed E-state index contributed by atoms with van der Waals surface area (Å²) in [6.07, 6.45) is 9.90. The largest absolute Gasteiger partial charge is 0.460 e. The Labute approximate surface area is 181 Å². The summed E-state index contributed by atoms with van der Waals surface area (Å²) in [4.78, 5) is 0. The zero-order chi connectivity index (χ0) is 21.5. The highest BCUT2D eigenvalue weighted by atomic mass is 28.4. The average Bonchev–Trinajstić information content (AvgIpc) is 3.02. The third-order valence-corrected chi connectivity index (χ3v) is 16.6. The summed E-state index contributed by atoms with van der Waals surface area (Å²) in [5, 5.41) is 0.